The van der Waals surface area contributed by atoms with E-state index in [1.54, 1.807) is 25.4 Å². The summed E-state index contributed by atoms with van der Waals surface area (Å²) in [5.41, 5.74) is 9.70. The molecule has 3 aliphatic heterocycles. The molecule has 18 heteroatoms. The molecule has 4 aromatic rings. The van der Waals surface area contributed by atoms with Crippen molar-refractivity contribution in [1.82, 2.24) is 35.5 Å². The number of methoxy groups -OCH3 is 1. The van der Waals surface area contributed by atoms with Crippen LogP contribution in [0.1, 0.15) is 77.3 Å². The summed E-state index contributed by atoms with van der Waals surface area (Å²) in [6.45, 7) is 13.5. The summed E-state index contributed by atoms with van der Waals surface area (Å²) < 4.78 is 14.2. The monoisotopic (exact) mass is 943 g/mol. The molecule has 7 rings (SSSR count). The predicted octanol–water partition coefficient (Wildman–Crippen LogP) is 5.32. The summed E-state index contributed by atoms with van der Waals surface area (Å²) in [7, 11) is 1.68. The van der Waals surface area contributed by atoms with Gasteiger partial charge in [0.1, 0.15) is 23.9 Å². The van der Waals surface area contributed by atoms with Crippen molar-refractivity contribution in [3.8, 4) is 28.1 Å². The molecule has 0 unspecified atom stereocenters. The van der Waals surface area contributed by atoms with Gasteiger partial charge < -0.3 is 29.4 Å². The van der Waals surface area contributed by atoms with E-state index in [0.29, 0.717) is 37.9 Å². The fourth-order valence-electron chi connectivity index (χ4n) is 8.85. The third kappa shape index (κ3) is 11.3. The highest BCUT2D eigenvalue weighted by Crippen LogP contribution is 2.42. The highest BCUT2D eigenvalue weighted by atomic mass is 32.1. The molecular weight excluding hydrogens is 879 g/mol. The number of aryl methyl sites for hydroxylation is 1. The molecule has 63 heavy (non-hydrogen) atoms. The van der Waals surface area contributed by atoms with Crippen LogP contribution in [0.3, 0.4) is 0 Å². The molecule has 346 valence electrons. The van der Waals surface area contributed by atoms with E-state index in [0.717, 1.165) is 44.5 Å². The van der Waals surface area contributed by atoms with E-state index >= 15 is 0 Å². The van der Waals surface area contributed by atoms with Gasteiger partial charge in [-0.05, 0) is 97.7 Å². The van der Waals surface area contributed by atoms with Crippen LogP contribution in [0.15, 0.2) is 54.7 Å². The number of carbonyl (C=O) groups is 4. The Kier molecular flexibility index (Phi) is 18.9. The smallest absolute Gasteiger partial charge is 0.324 e. The van der Waals surface area contributed by atoms with Crippen molar-refractivity contribution in [3.05, 3.63) is 71.5 Å². The van der Waals surface area contributed by atoms with Gasteiger partial charge in [-0.2, -0.15) is 54.0 Å². The zero-order chi connectivity index (χ0) is 42.2. The Bertz CT molecular complexity index is 2270. The number of pyridine rings is 1. The second-order valence-electron chi connectivity index (χ2n) is 17.2. The van der Waals surface area contributed by atoms with Crippen LogP contribution < -0.4 is 16.1 Å². The molecule has 0 saturated carbocycles. The Labute approximate surface area is 398 Å². The number of benzene rings is 2. The fraction of sp³-hybridized carbons (Fsp3) is 0.489. The number of hydrazine groups is 1. The molecule has 2 fully saturated rings. The molecular formula is C45H65N7O7S4. The number of ether oxygens (including phenoxy) is 2. The highest BCUT2D eigenvalue weighted by molar-refractivity contribution is 7.59. The maximum Gasteiger partial charge on any atom is 0.324 e. The molecule has 4 N–H and O–H groups in total. The lowest BCUT2D eigenvalue weighted by Crippen LogP contribution is -2.62. The largest absolute Gasteiger partial charge is 0.508 e. The maximum atomic E-state index is 14.5. The third-order valence-corrected chi connectivity index (χ3v) is 11.8. The van der Waals surface area contributed by atoms with Crippen molar-refractivity contribution in [3.63, 3.8) is 0 Å². The lowest BCUT2D eigenvalue weighted by Gasteiger charge is -2.36. The van der Waals surface area contributed by atoms with Crippen LogP contribution in [0.2, 0.25) is 0 Å². The Morgan fingerprint density at radius 2 is 1.79 bits per heavy atom. The van der Waals surface area contributed by atoms with Gasteiger partial charge in [-0.15, -0.1) is 0 Å². The van der Waals surface area contributed by atoms with E-state index in [9.17, 15) is 24.3 Å². The first-order chi connectivity index (χ1) is 28.2. The number of cyclic esters (lactones) is 1. The SMILES string of the molecule is CCn1c(-c2cccnc2[C@H](C)OC)c2c3cc(ccc31)-c1cc(O)cc(c1)C[C@H](NC(=O)[C@H](C(C)C)N1CNCC1=O)C(=O)N1CCC[C@H](N1)C(=O)OCC(C)(C)C2.S.S.S.S. The number of aromatic nitrogens is 2. The number of rotatable bonds is 8. The molecule has 5 heterocycles. The molecule has 2 aromatic carbocycles. The van der Waals surface area contributed by atoms with Gasteiger partial charge in [-0.25, -0.2) is 5.43 Å². The number of carbonyl (C=O) groups excluding carboxylic acids is 4. The Balaban J connectivity index is 0.00000264. The van der Waals surface area contributed by atoms with E-state index in [-0.39, 0.29) is 104 Å². The van der Waals surface area contributed by atoms with E-state index in [1.807, 2.05) is 39.0 Å². The Hall–Kier alpha value is -3.91. The molecule has 0 radical (unpaired) electrons. The van der Waals surface area contributed by atoms with Crippen LogP contribution in [0.5, 0.6) is 5.75 Å². The summed E-state index contributed by atoms with van der Waals surface area (Å²) in [6.07, 6.45) is 3.11. The predicted molar refractivity (Wildman–Crippen MR) is 265 cm³/mol. The quantitative estimate of drug-likeness (QED) is 0.170. The van der Waals surface area contributed by atoms with E-state index in [1.165, 1.54) is 9.91 Å². The number of esters is 1. The van der Waals surface area contributed by atoms with Gasteiger partial charge in [-0.1, -0.05) is 39.8 Å². The second kappa shape index (κ2) is 22.3. The lowest BCUT2D eigenvalue weighted by atomic mass is 9.84. The number of hydrogen-bond donors (Lipinski definition) is 4. The average molecular weight is 944 g/mol. The number of nitrogens with one attached hydrogen (secondary N) is 3. The molecule has 4 atom stereocenters. The number of amides is 3. The molecule has 0 aliphatic carbocycles. The normalized spacial score (nSPS) is 19.7. The van der Waals surface area contributed by atoms with Crippen LogP contribution in [-0.4, -0.2) is 99.9 Å². The Morgan fingerprint density at radius 1 is 1.05 bits per heavy atom. The van der Waals surface area contributed by atoms with Gasteiger partial charge in [0.25, 0.3) is 5.91 Å². The Morgan fingerprint density at radius 3 is 2.46 bits per heavy atom. The van der Waals surface area contributed by atoms with Crippen molar-refractivity contribution in [2.24, 2.45) is 11.3 Å². The van der Waals surface area contributed by atoms with Gasteiger partial charge >= 0.3 is 5.97 Å². The minimum Gasteiger partial charge on any atom is -0.508 e. The zero-order valence-corrected chi connectivity index (χ0v) is 41.1. The molecule has 3 aliphatic rings. The lowest BCUT2D eigenvalue weighted by molar-refractivity contribution is -0.155. The topological polar surface area (TPSA) is 167 Å². The number of phenolic OH excluding ortho intramolecular Hbond substituents is 1. The summed E-state index contributed by atoms with van der Waals surface area (Å²) >= 11 is 0. The summed E-state index contributed by atoms with van der Waals surface area (Å²) in [5, 5.41) is 19.6. The molecule has 0 spiro atoms. The number of nitrogens with zero attached hydrogens (tertiary/aromatic N) is 4. The standard InChI is InChI=1S/C45H57N7O7.4H2S/c1-8-50-37-14-13-29-21-33(37)34(41(50)32-11-9-15-47-39(32)27(4)58-7)22-45(5,6)24-59-44(57)35-12-10-16-52(49-35)43(56)36(19-28-17-30(29)20-31(53)18-28)48-42(55)40(26(2)3)51-25-46-23-38(51)54;;;;/h9,11,13-15,17-18,20-21,26-27,35-36,40,46,49,53H,8,10,12,16,19,22-25H2,1-7H3,(H,48,55);4*1H2/t27-,35-,36-,40-;;;;/m0..../s1. The van der Waals surface area contributed by atoms with Crippen molar-refractivity contribution in [1.29, 1.82) is 0 Å². The van der Waals surface area contributed by atoms with Gasteiger partial charge in [0.2, 0.25) is 11.8 Å². The first-order valence-corrected chi connectivity index (χ1v) is 20.7. The van der Waals surface area contributed by atoms with Crippen LogP contribution in [0.25, 0.3) is 33.3 Å². The minimum atomic E-state index is -1.09. The fourth-order valence-corrected chi connectivity index (χ4v) is 8.85. The van der Waals surface area contributed by atoms with Gasteiger partial charge in [0.15, 0.2) is 0 Å². The van der Waals surface area contributed by atoms with E-state index < -0.39 is 41.3 Å². The second-order valence-corrected chi connectivity index (χ2v) is 17.2. The first kappa shape index (κ1) is 53.4. The number of hydrogen-bond acceptors (Lipinski definition) is 10. The summed E-state index contributed by atoms with van der Waals surface area (Å²) in [4.78, 5) is 61.5. The van der Waals surface area contributed by atoms with Crippen molar-refractivity contribution in [2.45, 2.75) is 98.0 Å². The van der Waals surface area contributed by atoms with Gasteiger partial charge in [0, 0.05) is 54.7 Å². The number of aromatic hydroxyl groups is 1. The maximum absolute atomic E-state index is 14.5. The number of fused-ring (bicyclic) bond motifs is 6. The number of phenols is 1. The third-order valence-electron chi connectivity index (χ3n) is 11.8. The summed E-state index contributed by atoms with van der Waals surface area (Å²) in [6, 6.07) is 12.8. The van der Waals surface area contributed by atoms with Crippen LogP contribution >= 0.6 is 54.0 Å². The van der Waals surface area contributed by atoms with Gasteiger partial charge in [-0.3, -0.25) is 34.5 Å². The van der Waals surface area contributed by atoms with Crippen LogP contribution in [0, 0.1) is 11.3 Å². The molecule has 2 saturated heterocycles. The molecule has 14 nitrogen and oxygen atoms in total. The molecule has 2 aromatic heterocycles. The highest BCUT2D eigenvalue weighted by Gasteiger charge is 2.39. The van der Waals surface area contributed by atoms with Gasteiger partial charge in [0.05, 0.1) is 37.3 Å². The van der Waals surface area contributed by atoms with E-state index in [2.05, 4.69) is 59.6 Å². The zero-order valence-electron chi connectivity index (χ0n) is 37.1. The van der Waals surface area contributed by atoms with E-state index in [4.69, 9.17) is 14.5 Å². The van der Waals surface area contributed by atoms with Crippen molar-refractivity contribution in [2.75, 3.05) is 33.5 Å². The van der Waals surface area contributed by atoms with Crippen molar-refractivity contribution >= 4 is 88.6 Å². The first-order valence-electron chi connectivity index (χ1n) is 20.7. The van der Waals surface area contributed by atoms with Crippen LogP contribution in [-0.2, 0) is 48.0 Å². The van der Waals surface area contributed by atoms with Crippen molar-refractivity contribution < 1.29 is 33.8 Å². The molecule has 3 amide bonds. The van der Waals surface area contributed by atoms with Crippen LogP contribution in [0.4, 0.5) is 0 Å². The summed E-state index contributed by atoms with van der Waals surface area (Å²) in [5.74, 6) is -1.78. The molecule has 6 bridgehead atoms. The minimum absolute atomic E-state index is 0. The average Bonchev–Trinajstić information content (AvgIpc) is 3.77.